The summed E-state index contributed by atoms with van der Waals surface area (Å²) in [4.78, 5) is 4.36. The van der Waals surface area contributed by atoms with E-state index in [1.165, 1.54) is 0 Å². The SMILES string of the molecule is CC1(C)C(Nc2nccn3cnnc23)C1(C)C. The maximum absolute atomic E-state index is 4.36. The zero-order valence-electron chi connectivity index (χ0n) is 10.6. The minimum Gasteiger partial charge on any atom is -0.363 e. The van der Waals surface area contributed by atoms with Crippen molar-refractivity contribution in [2.75, 3.05) is 5.32 Å². The number of nitrogens with zero attached hydrogens (tertiary/aromatic N) is 4. The lowest BCUT2D eigenvalue weighted by atomic mass is 10.0. The van der Waals surface area contributed by atoms with Crippen LogP contribution in [0, 0.1) is 10.8 Å². The summed E-state index contributed by atoms with van der Waals surface area (Å²) in [7, 11) is 0. The fourth-order valence-corrected chi connectivity index (χ4v) is 2.55. The summed E-state index contributed by atoms with van der Waals surface area (Å²) in [5.41, 5.74) is 1.34. The Kier molecular flexibility index (Phi) is 1.83. The number of nitrogens with one attached hydrogen (secondary N) is 1. The molecule has 1 aliphatic rings. The van der Waals surface area contributed by atoms with Crippen molar-refractivity contribution in [3.63, 3.8) is 0 Å². The molecular formula is C12H17N5. The normalized spacial score (nSPS) is 21.6. The number of hydrogen-bond donors (Lipinski definition) is 1. The van der Waals surface area contributed by atoms with Gasteiger partial charge in [-0.2, -0.15) is 0 Å². The molecule has 3 rings (SSSR count). The quantitative estimate of drug-likeness (QED) is 0.858. The Hall–Kier alpha value is -1.65. The number of fused-ring (bicyclic) bond motifs is 1. The third kappa shape index (κ3) is 1.28. The molecule has 2 aromatic heterocycles. The van der Waals surface area contributed by atoms with Crippen molar-refractivity contribution < 1.29 is 0 Å². The van der Waals surface area contributed by atoms with Crippen LogP contribution < -0.4 is 5.32 Å². The van der Waals surface area contributed by atoms with Gasteiger partial charge in [-0.1, -0.05) is 27.7 Å². The lowest BCUT2D eigenvalue weighted by Gasteiger charge is -2.07. The molecule has 17 heavy (non-hydrogen) atoms. The van der Waals surface area contributed by atoms with Crippen LogP contribution in [0.5, 0.6) is 0 Å². The molecule has 0 atom stereocenters. The third-order valence-corrected chi connectivity index (χ3v) is 4.52. The van der Waals surface area contributed by atoms with Crippen molar-refractivity contribution in [2.45, 2.75) is 33.7 Å². The van der Waals surface area contributed by atoms with E-state index >= 15 is 0 Å². The van der Waals surface area contributed by atoms with Crippen LogP contribution in [-0.2, 0) is 0 Å². The molecular weight excluding hydrogens is 214 g/mol. The molecule has 1 aliphatic carbocycles. The zero-order valence-corrected chi connectivity index (χ0v) is 10.6. The van der Waals surface area contributed by atoms with E-state index < -0.39 is 0 Å². The monoisotopic (exact) mass is 231 g/mol. The molecule has 0 radical (unpaired) electrons. The fourth-order valence-electron chi connectivity index (χ4n) is 2.55. The standard InChI is InChI=1S/C12H17N5/c1-11(2)10(12(11,3)4)15-8-9-16-14-7-17(9)6-5-13-8/h5-7,10H,1-4H3,(H,13,15). The van der Waals surface area contributed by atoms with Gasteiger partial charge in [-0.3, -0.25) is 4.40 Å². The average molecular weight is 231 g/mol. The molecule has 5 nitrogen and oxygen atoms in total. The van der Waals surface area contributed by atoms with Crippen molar-refractivity contribution in [3.8, 4) is 0 Å². The van der Waals surface area contributed by atoms with Crippen molar-refractivity contribution in [1.29, 1.82) is 0 Å². The Labute approximate surface area is 100 Å². The van der Waals surface area contributed by atoms with Gasteiger partial charge in [-0.25, -0.2) is 4.98 Å². The van der Waals surface area contributed by atoms with E-state index in [-0.39, 0.29) is 10.8 Å². The lowest BCUT2D eigenvalue weighted by Crippen LogP contribution is -2.12. The first-order chi connectivity index (χ1) is 7.94. The van der Waals surface area contributed by atoms with E-state index in [4.69, 9.17) is 0 Å². The van der Waals surface area contributed by atoms with Gasteiger partial charge >= 0.3 is 0 Å². The Balaban J connectivity index is 1.95. The maximum atomic E-state index is 4.36. The van der Waals surface area contributed by atoms with Gasteiger partial charge < -0.3 is 5.32 Å². The second kappa shape index (κ2) is 2.97. The number of hydrogen-bond acceptors (Lipinski definition) is 4. The first-order valence-electron chi connectivity index (χ1n) is 5.85. The molecule has 0 amide bonds. The van der Waals surface area contributed by atoms with Crippen molar-refractivity contribution in [2.24, 2.45) is 10.8 Å². The molecule has 90 valence electrons. The molecule has 1 fully saturated rings. The highest BCUT2D eigenvalue weighted by molar-refractivity contribution is 5.63. The summed E-state index contributed by atoms with van der Waals surface area (Å²) in [5.74, 6) is 0.814. The average Bonchev–Trinajstić information content (AvgIpc) is 2.68. The van der Waals surface area contributed by atoms with Gasteiger partial charge in [0.1, 0.15) is 6.33 Å². The van der Waals surface area contributed by atoms with Gasteiger partial charge in [0, 0.05) is 18.4 Å². The molecule has 5 heteroatoms. The summed E-state index contributed by atoms with van der Waals surface area (Å²) in [6.07, 6.45) is 5.30. The first-order valence-corrected chi connectivity index (χ1v) is 5.85. The predicted molar refractivity (Wildman–Crippen MR) is 65.8 cm³/mol. The molecule has 0 aromatic carbocycles. The molecule has 0 saturated heterocycles. The second-order valence-electron chi connectivity index (χ2n) is 5.86. The first kappa shape index (κ1) is 10.5. The van der Waals surface area contributed by atoms with E-state index in [1.807, 2.05) is 10.6 Å². The summed E-state index contributed by atoms with van der Waals surface area (Å²) in [6.45, 7) is 9.09. The largest absolute Gasteiger partial charge is 0.363 e. The highest BCUT2D eigenvalue weighted by Crippen LogP contribution is 2.63. The van der Waals surface area contributed by atoms with Gasteiger partial charge in [-0.05, 0) is 10.8 Å². The van der Waals surface area contributed by atoms with E-state index in [0.29, 0.717) is 6.04 Å². The molecule has 1 N–H and O–H groups in total. The Morgan fingerprint density at radius 2 is 1.94 bits per heavy atom. The van der Waals surface area contributed by atoms with E-state index in [9.17, 15) is 0 Å². The number of rotatable bonds is 2. The Morgan fingerprint density at radius 3 is 2.59 bits per heavy atom. The van der Waals surface area contributed by atoms with Crippen LogP contribution in [0.2, 0.25) is 0 Å². The van der Waals surface area contributed by atoms with Crippen LogP contribution in [0.15, 0.2) is 18.7 Å². The van der Waals surface area contributed by atoms with Crippen LogP contribution in [0.1, 0.15) is 27.7 Å². The van der Waals surface area contributed by atoms with Gasteiger partial charge in [0.2, 0.25) is 5.65 Å². The van der Waals surface area contributed by atoms with Crippen LogP contribution in [-0.4, -0.2) is 25.6 Å². The van der Waals surface area contributed by atoms with E-state index in [0.717, 1.165) is 11.5 Å². The minimum absolute atomic E-state index is 0.279. The van der Waals surface area contributed by atoms with Crippen molar-refractivity contribution in [1.82, 2.24) is 19.6 Å². The van der Waals surface area contributed by atoms with Crippen molar-refractivity contribution >= 4 is 11.5 Å². The predicted octanol–water partition coefficient (Wildman–Crippen LogP) is 1.97. The van der Waals surface area contributed by atoms with Crippen LogP contribution >= 0.6 is 0 Å². The minimum atomic E-state index is 0.279. The van der Waals surface area contributed by atoms with Gasteiger partial charge in [0.25, 0.3) is 0 Å². The Bertz CT molecular complexity index is 555. The maximum Gasteiger partial charge on any atom is 0.203 e. The summed E-state index contributed by atoms with van der Waals surface area (Å²) in [5, 5.41) is 11.5. The lowest BCUT2D eigenvalue weighted by molar-refractivity contribution is 0.457. The summed E-state index contributed by atoms with van der Waals surface area (Å²) >= 11 is 0. The third-order valence-electron chi connectivity index (χ3n) is 4.52. The molecule has 0 spiro atoms. The molecule has 1 saturated carbocycles. The summed E-state index contributed by atoms with van der Waals surface area (Å²) < 4.78 is 1.87. The Morgan fingerprint density at radius 1 is 1.24 bits per heavy atom. The molecule has 0 aliphatic heterocycles. The smallest absolute Gasteiger partial charge is 0.203 e. The van der Waals surface area contributed by atoms with Gasteiger partial charge in [0.15, 0.2) is 5.82 Å². The molecule has 0 unspecified atom stereocenters. The van der Waals surface area contributed by atoms with Crippen LogP contribution in [0.25, 0.3) is 5.65 Å². The molecule has 0 bridgehead atoms. The van der Waals surface area contributed by atoms with Gasteiger partial charge in [0.05, 0.1) is 0 Å². The highest BCUT2D eigenvalue weighted by Gasteiger charge is 2.65. The fraction of sp³-hybridized carbons (Fsp3) is 0.583. The van der Waals surface area contributed by atoms with Crippen molar-refractivity contribution in [3.05, 3.63) is 18.7 Å². The molecule has 2 aromatic rings. The molecule has 2 heterocycles. The second-order valence-corrected chi connectivity index (χ2v) is 5.86. The van der Waals surface area contributed by atoms with E-state index in [1.54, 1.807) is 12.5 Å². The number of anilines is 1. The number of aromatic nitrogens is 4. The highest BCUT2D eigenvalue weighted by atomic mass is 15.3. The topological polar surface area (TPSA) is 55.1 Å². The van der Waals surface area contributed by atoms with Crippen LogP contribution in [0.4, 0.5) is 5.82 Å². The zero-order chi connectivity index (χ0) is 12.3. The van der Waals surface area contributed by atoms with Gasteiger partial charge in [-0.15, -0.1) is 10.2 Å². The summed E-state index contributed by atoms with van der Waals surface area (Å²) in [6, 6.07) is 0.422. The van der Waals surface area contributed by atoms with E-state index in [2.05, 4.69) is 48.2 Å². The van der Waals surface area contributed by atoms with Crippen LogP contribution in [0.3, 0.4) is 0 Å².